The van der Waals surface area contributed by atoms with Gasteiger partial charge in [-0.05, 0) is 41.3 Å². The molecule has 26 heavy (non-hydrogen) atoms. The zero-order valence-corrected chi connectivity index (χ0v) is 14.9. The van der Waals surface area contributed by atoms with Gasteiger partial charge in [0.15, 0.2) is 0 Å². The summed E-state index contributed by atoms with van der Waals surface area (Å²) in [7, 11) is 2.15. The van der Waals surface area contributed by atoms with Crippen LogP contribution < -0.4 is 4.90 Å². The molecule has 6 nitrogen and oxygen atoms in total. The molecular formula is C15H11ClF3N3O3S. The number of fused-ring (bicyclic) bond motifs is 1. The van der Waals surface area contributed by atoms with Crippen LogP contribution in [0.4, 0.5) is 18.9 Å². The number of hydrogen-bond acceptors (Lipinski definition) is 5. The number of alkyl halides is 3. The first kappa shape index (κ1) is 19.9. The molecule has 0 fully saturated rings. The third-order valence-electron chi connectivity index (χ3n) is 3.45. The summed E-state index contributed by atoms with van der Waals surface area (Å²) in [5.74, 6) is -1.01. The summed E-state index contributed by atoms with van der Waals surface area (Å²) in [5, 5.41) is -0.397. The van der Waals surface area contributed by atoms with Crippen molar-refractivity contribution in [3.05, 3.63) is 35.7 Å². The summed E-state index contributed by atoms with van der Waals surface area (Å²) in [4.78, 5) is 35.4. The molecule has 2 amide bonds. The number of carbonyl (C=O) groups excluding carboxylic acids is 3. The number of amides is 2. The van der Waals surface area contributed by atoms with Crippen LogP contribution in [0.3, 0.4) is 0 Å². The van der Waals surface area contributed by atoms with Crippen molar-refractivity contribution in [3.63, 3.8) is 0 Å². The fourth-order valence-corrected chi connectivity index (χ4v) is 3.01. The van der Waals surface area contributed by atoms with Crippen LogP contribution in [0.2, 0.25) is 0 Å². The Morgan fingerprint density at radius 3 is 2.46 bits per heavy atom. The van der Waals surface area contributed by atoms with Crippen molar-refractivity contribution in [2.75, 3.05) is 19.0 Å². The summed E-state index contributed by atoms with van der Waals surface area (Å²) >= 11 is 6.47. The molecule has 0 radical (unpaired) electrons. The Balaban J connectivity index is 2.42. The predicted octanol–water partition coefficient (Wildman–Crippen LogP) is 3.17. The number of benzene rings is 1. The fourth-order valence-electron chi connectivity index (χ4n) is 2.06. The van der Waals surface area contributed by atoms with E-state index in [-0.39, 0.29) is 22.7 Å². The van der Waals surface area contributed by atoms with Gasteiger partial charge in [-0.25, -0.2) is 0 Å². The summed E-state index contributed by atoms with van der Waals surface area (Å²) in [6, 6.07) is 4.49. The molecule has 11 heteroatoms. The van der Waals surface area contributed by atoms with E-state index in [1.807, 2.05) is 0 Å². The minimum absolute atomic E-state index is 0.00146. The minimum atomic E-state index is -4.88. The van der Waals surface area contributed by atoms with E-state index in [0.717, 1.165) is 23.5 Å². The molecule has 0 atom stereocenters. The molecule has 2 aromatic rings. The lowest BCUT2D eigenvalue weighted by molar-refractivity contribution is -0.130. The third-order valence-corrected chi connectivity index (χ3v) is 4.45. The molecule has 0 aliphatic carbocycles. The molecule has 1 heterocycles. The van der Waals surface area contributed by atoms with E-state index < -0.39 is 23.0 Å². The maximum absolute atomic E-state index is 13.0. The van der Waals surface area contributed by atoms with Crippen LogP contribution in [-0.4, -0.2) is 47.1 Å². The lowest BCUT2D eigenvalue weighted by Crippen LogP contribution is -2.31. The number of hydrogen-bond donors (Lipinski definition) is 0. The minimum Gasteiger partial charge on any atom is -0.314 e. The van der Waals surface area contributed by atoms with Crippen LogP contribution in [0.5, 0.6) is 0 Å². The molecule has 2 rings (SSSR count). The summed E-state index contributed by atoms with van der Waals surface area (Å²) in [5.41, 5.74) is -1.17. The SMILES string of the molecule is CN(C=O)/C(=C\C(=O)N(C)c1ccc2snc(C(=O)Cl)c2c1)C(F)(F)F. The molecule has 0 N–H and O–H groups in total. The van der Waals surface area contributed by atoms with E-state index in [4.69, 9.17) is 11.6 Å². The van der Waals surface area contributed by atoms with Gasteiger partial charge >= 0.3 is 6.18 Å². The van der Waals surface area contributed by atoms with Crippen LogP contribution in [0.25, 0.3) is 10.1 Å². The normalized spacial score (nSPS) is 12.2. The number of aromatic nitrogens is 1. The molecule has 1 aromatic heterocycles. The van der Waals surface area contributed by atoms with Gasteiger partial charge in [-0.1, -0.05) is 0 Å². The third kappa shape index (κ3) is 4.02. The number of nitrogens with zero attached hydrogens (tertiary/aromatic N) is 3. The quantitative estimate of drug-likeness (QED) is 0.435. The van der Waals surface area contributed by atoms with Crippen LogP contribution in [0.15, 0.2) is 30.0 Å². The number of halogens is 4. The largest absolute Gasteiger partial charge is 0.431 e. The Bertz CT molecular complexity index is 910. The van der Waals surface area contributed by atoms with Gasteiger partial charge in [-0.15, -0.1) is 0 Å². The van der Waals surface area contributed by atoms with E-state index in [1.54, 1.807) is 6.07 Å². The van der Waals surface area contributed by atoms with Crippen LogP contribution in [0.1, 0.15) is 10.5 Å². The first-order chi connectivity index (χ1) is 12.1. The van der Waals surface area contributed by atoms with Crippen molar-refractivity contribution in [1.29, 1.82) is 0 Å². The number of carbonyl (C=O) groups is 3. The fraction of sp³-hybridized carbons (Fsp3) is 0.200. The standard InChI is InChI=1S/C15H11ClF3N3O3S/c1-21(7-23)11(15(17,18)19)6-12(24)22(2)8-3-4-10-9(5-8)13(14(16)25)20-26-10/h3-7H,1-2H3/b11-6-. The van der Waals surface area contributed by atoms with Gasteiger partial charge in [0.05, 0.1) is 4.70 Å². The van der Waals surface area contributed by atoms with Gasteiger partial charge in [-0.2, -0.15) is 17.5 Å². The van der Waals surface area contributed by atoms with E-state index in [1.165, 1.54) is 19.2 Å². The second kappa shape index (κ2) is 7.42. The highest BCUT2D eigenvalue weighted by Crippen LogP contribution is 2.30. The zero-order valence-electron chi connectivity index (χ0n) is 13.4. The summed E-state index contributed by atoms with van der Waals surface area (Å²) in [6.07, 6.45) is -4.61. The van der Waals surface area contributed by atoms with Crippen molar-refractivity contribution in [2.45, 2.75) is 6.18 Å². The molecule has 0 unspecified atom stereocenters. The van der Waals surface area contributed by atoms with Crippen LogP contribution in [0, 0.1) is 0 Å². The molecule has 138 valence electrons. The van der Waals surface area contributed by atoms with Gasteiger partial charge in [0, 0.05) is 31.2 Å². The van der Waals surface area contributed by atoms with Crippen molar-refractivity contribution < 1.29 is 27.6 Å². The van der Waals surface area contributed by atoms with E-state index >= 15 is 0 Å². The van der Waals surface area contributed by atoms with Gasteiger partial charge in [0.1, 0.15) is 11.4 Å². The second-order valence-electron chi connectivity index (χ2n) is 5.13. The van der Waals surface area contributed by atoms with Gasteiger partial charge in [0.2, 0.25) is 6.41 Å². The molecule has 0 saturated heterocycles. The first-order valence-electron chi connectivity index (χ1n) is 6.90. The number of allylic oxidation sites excluding steroid dienone is 1. The zero-order chi connectivity index (χ0) is 19.6. The monoisotopic (exact) mass is 405 g/mol. The second-order valence-corrected chi connectivity index (χ2v) is 6.27. The topological polar surface area (TPSA) is 70.6 Å². The average Bonchev–Trinajstić information content (AvgIpc) is 3.00. The van der Waals surface area contributed by atoms with E-state index in [2.05, 4.69) is 4.37 Å². The van der Waals surface area contributed by atoms with Crippen LogP contribution in [-0.2, 0) is 9.59 Å². The Morgan fingerprint density at radius 2 is 1.92 bits per heavy atom. The van der Waals surface area contributed by atoms with Crippen molar-refractivity contribution in [2.24, 2.45) is 0 Å². The van der Waals surface area contributed by atoms with E-state index in [0.29, 0.717) is 16.2 Å². The molecule has 0 aliphatic rings. The molecule has 0 aliphatic heterocycles. The number of rotatable bonds is 5. The molecule has 0 bridgehead atoms. The Hall–Kier alpha value is -2.46. The summed E-state index contributed by atoms with van der Waals surface area (Å²) in [6.45, 7) is 0. The molecular weight excluding hydrogens is 395 g/mol. The first-order valence-corrected chi connectivity index (χ1v) is 8.05. The van der Waals surface area contributed by atoms with Gasteiger partial charge < -0.3 is 9.80 Å². The Morgan fingerprint density at radius 1 is 1.27 bits per heavy atom. The lowest BCUT2D eigenvalue weighted by Gasteiger charge is -2.20. The highest BCUT2D eigenvalue weighted by atomic mass is 35.5. The molecule has 0 saturated carbocycles. The summed E-state index contributed by atoms with van der Waals surface area (Å²) < 4.78 is 43.5. The number of anilines is 1. The molecule has 0 spiro atoms. The van der Waals surface area contributed by atoms with Crippen molar-refractivity contribution in [1.82, 2.24) is 9.27 Å². The highest BCUT2D eigenvalue weighted by molar-refractivity contribution is 7.13. The molecule has 1 aromatic carbocycles. The lowest BCUT2D eigenvalue weighted by atomic mass is 10.2. The average molecular weight is 406 g/mol. The van der Waals surface area contributed by atoms with Crippen molar-refractivity contribution >= 4 is 56.5 Å². The van der Waals surface area contributed by atoms with Crippen LogP contribution >= 0.6 is 23.1 Å². The highest BCUT2D eigenvalue weighted by Gasteiger charge is 2.37. The van der Waals surface area contributed by atoms with Gasteiger partial charge in [-0.3, -0.25) is 14.4 Å². The van der Waals surface area contributed by atoms with Crippen molar-refractivity contribution in [3.8, 4) is 0 Å². The number of likely N-dealkylation sites (N-methyl/N-ethyl adjacent to an activating group) is 1. The predicted molar refractivity (Wildman–Crippen MR) is 91.2 cm³/mol. The maximum Gasteiger partial charge on any atom is 0.431 e. The Labute approximate surface area is 154 Å². The smallest absolute Gasteiger partial charge is 0.314 e. The van der Waals surface area contributed by atoms with Gasteiger partial charge in [0.25, 0.3) is 11.1 Å². The maximum atomic E-state index is 13.0. The Kier molecular flexibility index (Phi) is 5.67. The van der Waals surface area contributed by atoms with E-state index in [9.17, 15) is 27.6 Å².